The number of likely N-dealkylation sites (N-methyl/N-ethyl adjacent to an activating group) is 1. The standard InChI is InChI=1S/C25H30N2O7/c1-5-6-11-7-10(2)13-8-12-9-14-18(27(3)4)21(30)17(24(26)33)23(32)25(14,34)22(31)15(12)20(29)16(13)19(11)28/h7,12,14-15,17-18,28,34H,5-6,8-9H2,1-4H3,(H2,26,33)/t12-,14-,15?,17?,18-,25-/m1/s1. The minimum absolute atomic E-state index is 0.0564. The van der Waals surface area contributed by atoms with Crippen LogP contribution in [0.4, 0.5) is 0 Å². The fraction of sp³-hybridized carbons (Fsp3) is 0.560. The summed E-state index contributed by atoms with van der Waals surface area (Å²) in [7, 11) is 3.12. The molecule has 9 nitrogen and oxygen atoms in total. The van der Waals surface area contributed by atoms with E-state index in [0.717, 1.165) is 12.0 Å². The molecule has 0 spiro atoms. The van der Waals surface area contributed by atoms with Crippen molar-refractivity contribution in [3.63, 3.8) is 0 Å². The number of hydrogen-bond acceptors (Lipinski definition) is 8. The zero-order valence-electron chi connectivity index (χ0n) is 19.8. The molecule has 1 aromatic rings. The molecule has 2 unspecified atom stereocenters. The highest BCUT2D eigenvalue weighted by atomic mass is 16.3. The van der Waals surface area contributed by atoms with E-state index in [1.807, 2.05) is 19.9 Å². The molecule has 6 atom stereocenters. The second-order valence-electron chi connectivity index (χ2n) is 10.1. The highest BCUT2D eigenvalue weighted by Crippen LogP contribution is 2.51. The molecule has 1 amide bonds. The molecule has 2 saturated carbocycles. The summed E-state index contributed by atoms with van der Waals surface area (Å²) in [5.74, 6) is -10.0. The van der Waals surface area contributed by atoms with Gasteiger partial charge in [0, 0.05) is 5.92 Å². The van der Waals surface area contributed by atoms with Gasteiger partial charge in [-0.15, -0.1) is 0 Å². The minimum Gasteiger partial charge on any atom is -0.507 e. The van der Waals surface area contributed by atoms with Crippen LogP contribution in [0.1, 0.15) is 46.8 Å². The molecule has 0 bridgehead atoms. The summed E-state index contributed by atoms with van der Waals surface area (Å²) in [5, 5.41) is 22.4. The van der Waals surface area contributed by atoms with E-state index in [9.17, 15) is 34.2 Å². The Morgan fingerprint density at radius 1 is 1.21 bits per heavy atom. The lowest BCUT2D eigenvalue weighted by Gasteiger charge is -2.52. The molecule has 0 heterocycles. The van der Waals surface area contributed by atoms with Gasteiger partial charge in [0.1, 0.15) is 5.75 Å². The fourth-order valence-electron chi connectivity index (χ4n) is 6.39. The van der Waals surface area contributed by atoms with Crippen LogP contribution in [0.2, 0.25) is 0 Å². The number of aromatic hydroxyl groups is 1. The second-order valence-corrected chi connectivity index (χ2v) is 10.1. The van der Waals surface area contributed by atoms with Crippen LogP contribution in [0.3, 0.4) is 0 Å². The van der Waals surface area contributed by atoms with Gasteiger partial charge in [-0.3, -0.25) is 28.9 Å². The van der Waals surface area contributed by atoms with Crippen molar-refractivity contribution < 1.29 is 34.2 Å². The number of rotatable bonds is 4. The van der Waals surface area contributed by atoms with Crippen molar-refractivity contribution in [2.45, 2.75) is 51.2 Å². The lowest BCUT2D eigenvalue weighted by Crippen LogP contribution is -2.74. The maximum Gasteiger partial charge on any atom is 0.235 e. The second kappa shape index (κ2) is 8.09. The van der Waals surface area contributed by atoms with Crippen molar-refractivity contribution >= 4 is 29.0 Å². The number of carbonyl (C=O) groups is 5. The number of nitrogens with zero attached hydrogens (tertiary/aromatic N) is 1. The molecule has 34 heavy (non-hydrogen) atoms. The number of hydrogen-bond donors (Lipinski definition) is 3. The summed E-state index contributed by atoms with van der Waals surface area (Å²) >= 11 is 0. The zero-order chi connectivity index (χ0) is 25.3. The smallest absolute Gasteiger partial charge is 0.235 e. The first-order chi connectivity index (χ1) is 15.9. The molecular weight excluding hydrogens is 440 g/mol. The van der Waals surface area contributed by atoms with Gasteiger partial charge >= 0.3 is 0 Å². The molecule has 4 rings (SSSR count). The zero-order valence-corrected chi connectivity index (χ0v) is 19.8. The first-order valence-electron chi connectivity index (χ1n) is 11.6. The largest absolute Gasteiger partial charge is 0.507 e. The first kappa shape index (κ1) is 24.2. The van der Waals surface area contributed by atoms with Crippen LogP contribution in [-0.2, 0) is 32.0 Å². The lowest BCUT2D eigenvalue weighted by atomic mass is 9.52. The molecular formula is C25H30N2O7. The molecule has 0 radical (unpaired) electrons. The number of aliphatic hydroxyl groups is 1. The quantitative estimate of drug-likeness (QED) is 0.525. The summed E-state index contributed by atoms with van der Waals surface area (Å²) in [4.78, 5) is 67.1. The summed E-state index contributed by atoms with van der Waals surface area (Å²) in [6.07, 6.45) is 1.64. The third-order valence-corrected chi connectivity index (χ3v) is 7.88. The fourth-order valence-corrected chi connectivity index (χ4v) is 6.39. The van der Waals surface area contributed by atoms with Gasteiger partial charge in [0.05, 0.1) is 17.5 Å². The maximum absolute atomic E-state index is 13.7. The third-order valence-electron chi connectivity index (χ3n) is 7.88. The number of carbonyl (C=O) groups excluding carboxylic acids is 5. The Bertz CT molecular complexity index is 1140. The van der Waals surface area contributed by atoms with Gasteiger partial charge in [-0.05, 0) is 62.9 Å². The topological polar surface area (TPSA) is 155 Å². The summed E-state index contributed by atoms with van der Waals surface area (Å²) in [5.41, 5.74) is 4.76. The van der Waals surface area contributed by atoms with E-state index < -0.39 is 64.4 Å². The molecule has 0 saturated heterocycles. The normalized spacial score (nSPS) is 32.9. The summed E-state index contributed by atoms with van der Waals surface area (Å²) in [6, 6.07) is 0.753. The number of Topliss-reactive ketones (excluding diaryl/α,β-unsaturated/α-hetero) is 4. The van der Waals surface area contributed by atoms with E-state index in [1.54, 1.807) is 14.1 Å². The van der Waals surface area contributed by atoms with Crippen LogP contribution in [0.25, 0.3) is 0 Å². The van der Waals surface area contributed by atoms with E-state index in [4.69, 9.17) is 5.73 Å². The number of phenolic OH excluding ortho intramolecular Hbond substituents is 1. The predicted molar refractivity (Wildman–Crippen MR) is 120 cm³/mol. The number of amides is 1. The average Bonchev–Trinajstić information content (AvgIpc) is 2.74. The first-order valence-corrected chi connectivity index (χ1v) is 11.6. The molecule has 0 aliphatic heterocycles. The molecule has 3 aliphatic carbocycles. The summed E-state index contributed by atoms with van der Waals surface area (Å²) in [6.45, 7) is 3.79. The molecule has 9 heteroatoms. The molecule has 0 aromatic heterocycles. The van der Waals surface area contributed by atoms with E-state index >= 15 is 0 Å². The van der Waals surface area contributed by atoms with E-state index in [2.05, 4.69) is 0 Å². The van der Waals surface area contributed by atoms with Gasteiger partial charge in [-0.2, -0.15) is 0 Å². The number of benzene rings is 1. The van der Waals surface area contributed by atoms with Crippen molar-refractivity contribution in [2.75, 3.05) is 14.1 Å². The highest BCUT2D eigenvalue weighted by molar-refractivity contribution is 6.32. The Kier molecular flexibility index (Phi) is 5.77. The number of phenols is 1. The highest BCUT2D eigenvalue weighted by Gasteiger charge is 2.69. The van der Waals surface area contributed by atoms with Crippen molar-refractivity contribution in [1.29, 1.82) is 0 Å². The van der Waals surface area contributed by atoms with Gasteiger partial charge in [-0.25, -0.2) is 0 Å². The van der Waals surface area contributed by atoms with Crippen molar-refractivity contribution in [3.8, 4) is 5.75 Å². The Morgan fingerprint density at radius 3 is 2.41 bits per heavy atom. The Hall–Kier alpha value is -2.91. The van der Waals surface area contributed by atoms with Gasteiger partial charge in [-0.1, -0.05) is 19.4 Å². The average molecular weight is 471 g/mol. The number of ketones is 4. The molecule has 2 fully saturated rings. The lowest BCUT2D eigenvalue weighted by molar-refractivity contribution is -0.181. The molecule has 182 valence electrons. The number of fused-ring (bicyclic) bond motifs is 3. The minimum atomic E-state index is -2.69. The van der Waals surface area contributed by atoms with Crippen molar-refractivity contribution in [2.24, 2.45) is 29.4 Å². The van der Waals surface area contributed by atoms with Gasteiger partial charge in [0.15, 0.2) is 34.7 Å². The van der Waals surface area contributed by atoms with Crippen LogP contribution in [-0.4, -0.2) is 69.9 Å². The van der Waals surface area contributed by atoms with Gasteiger partial charge in [0.25, 0.3) is 0 Å². The number of aryl methyl sites for hydroxylation is 2. The van der Waals surface area contributed by atoms with Crippen LogP contribution in [0, 0.1) is 30.6 Å². The van der Waals surface area contributed by atoms with Gasteiger partial charge < -0.3 is 15.9 Å². The monoisotopic (exact) mass is 470 g/mol. The number of primary amides is 1. The summed E-state index contributed by atoms with van der Waals surface area (Å²) < 4.78 is 0. The van der Waals surface area contributed by atoms with Crippen LogP contribution >= 0.6 is 0 Å². The Balaban J connectivity index is 1.87. The van der Waals surface area contributed by atoms with E-state index in [-0.39, 0.29) is 24.2 Å². The van der Waals surface area contributed by atoms with Gasteiger partial charge in [0.2, 0.25) is 5.91 Å². The third kappa shape index (κ3) is 3.10. The van der Waals surface area contributed by atoms with E-state index in [1.165, 1.54) is 4.90 Å². The predicted octanol–water partition coefficient (Wildman–Crippen LogP) is 0.128. The SMILES string of the molecule is CCCc1cc(C)c2c(c1O)C(=O)C1C(=O)[C@@]3(O)C(=O)C(C(N)=O)C(=O)[C@H](N(C)C)[C@H]3C[C@H]1C2. The van der Waals surface area contributed by atoms with Crippen LogP contribution in [0.5, 0.6) is 5.75 Å². The van der Waals surface area contributed by atoms with Crippen LogP contribution < -0.4 is 5.73 Å². The molecule has 1 aromatic carbocycles. The van der Waals surface area contributed by atoms with Crippen molar-refractivity contribution in [1.82, 2.24) is 4.90 Å². The molecule has 3 aliphatic rings. The molecule has 4 N–H and O–H groups in total. The number of nitrogens with two attached hydrogens (primary N) is 1. The van der Waals surface area contributed by atoms with E-state index in [0.29, 0.717) is 17.5 Å². The Morgan fingerprint density at radius 2 is 1.85 bits per heavy atom. The Labute approximate surface area is 197 Å². The van der Waals surface area contributed by atoms with Crippen LogP contribution in [0.15, 0.2) is 6.07 Å². The maximum atomic E-state index is 13.7. The van der Waals surface area contributed by atoms with Crippen molar-refractivity contribution in [3.05, 3.63) is 28.3 Å².